The molecule has 1 aliphatic heterocycles. The molecule has 3 heterocycles. The number of methoxy groups -OCH3 is 1. The number of nitrogen functional groups attached to an aromatic ring is 1. The van der Waals surface area contributed by atoms with Crippen molar-refractivity contribution in [1.29, 1.82) is 0 Å². The molecular weight excluding hydrogens is 586 g/mol. The number of morpholine rings is 1. The van der Waals surface area contributed by atoms with Crippen LogP contribution < -0.4 is 20.6 Å². The fourth-order valence-corrected chi connectivity index (χ4v) is 4.13. The van der Waals surface area contributed by atoms with E-state index in [1.165, 1.54) is 30.1 Å². The van der Waals surface area contributed by atoms with Crippen LogP contribution in [0.25, 0.3) is 5.82 Å². The summed E-state index contributed by atoms with van der Waals surface area (Å²) in [5.41, 5.74) is 8.00. The molecular formula is C24H23N11O9. The lowest BCUT2D eigenvalue weighted by atomic mass is 10.2. The molecule has 0 bridgehead atoms. The number of nitrogens with two attached hydrogens (primary N) is 1. The van der Waals surface area contributed by atoms with E-state index in [4.69, 9.17) is 19.9 Å². The largest absolute Gasteiger partial charge is 0.493 e. The van der Waals surface area contributed by atoms with Crippen molar-refractivity contribution in [3.63, 3.8) is 0 Å². The van der Waals surface area contributed by atoms with Gasteiger partial charge in [0.25, 0.3) is 11.6 Å². The first-order valence-electron chi connectivity index (χ1n) is 12.7. The standard InChI is InChI=1S/C24H23N11O9/c1-41-20-10-14(2-4-19(20)43-18-5-3-15(34(37)38)11-16(18)35(39)40)12-26-28-24(36)21-17(13-32-6-8-42-9-7-32)33(31-27-21)23-22(25)29-44-30-23/h2-5,10-12H,6-9,13H2,1H3,(H2,25,29)(H,28,36)/b26-12+. The Hall–Kier alpha value is -6.02. The smallest absolute Gasteiger partial charge is 0.318 e. The molecule has 0 saturated carbocycles. The lowest BCUT2D eigenvalue weighted by Crippen LogP contribution is -2.37. The van der Waals surface area contributed by atoms with E-state index >= 15 is 0 Å². The van der Waals surface area contributed by atoms with Crippen LogP contribution in [0.4, 0.5) is 17.2 Å². The number of hydrogen-bond acceptors (Lipinski definition) is 16. The van der Waals surface area contributed by atoms with Crippen molar-refractivity contribution < 1.29 is 33.5 Å². The maximum absolute atomic E-state index is 13.1. The molecule has 44 heavy (non-hydrogen) atoms. The Kier molecular flexibility index (Phi) is 8.62. The normalized spacial score (nSPS) is 13.6. The Labute approximate surface area is 246 Å². The van der Waals surface area contributed by atoms with Crippen molar-refractivity contribution in [2.24, 2.45) is 5.10 Å². The molecule has 20 nitrogen and oxygen atoms in total. The minimum absolute atomic E-state index is 0.0259. The van der Waals surface area contributed by atoms with Crippen molar-refractivity contribution in [2.75, 3.05) is 39.1 Å². The van der Waals surface area contributed by atoms with Gasteiger partial charge in [0.2, 0.25) is 17.4 Å². The molecule has 2 aromatic heterocycles. The lowest BCUT2D eigenvalue weighted by Gasteiger charge is -2.26. The zero-order valence-electron chi connectivity index (χ0n) is 22.9. The second-order valence-electron chi connectivity index (χ2n) is 9.04. The Morgan fingerprint density at radius 1 is 1.11 bits per heavy atom. The highest BCUT2D eigenvalue weighted by atomic mass is 16.6. The van der Waals surface area contributed by atoms with E-state index in [0.29, 0.717) is 37.6 Å². The number of aromatic nitrogens is 5. The number of nitro benzene ring substituents is 2. The topological polar surface area (TPSA) is 254 Å². The van der Waals surface area contributed by atoms with Gasteiger partial charge in [0.05, 0.1) is 48.1 Å². The fourth-order valence-electron chi connectivity index (χ4n) is 4.13. The van der Waals surface area contributed by atoms with Crippen molar-refractivity contribution in [2.45, 2.75) is 6.54 Å². The molecule has 0 radical (unpaired) electrons. The summed E-state index contributed by atoms with van der Waals surface area (Å²) in [6.45, 7) is 2.57. The first-order valence-corrected chi connectivity index (χ1v) is 12.7. The van der Waals surface area contributed by atoms with E-state index in [-0.39, 0.29) is 41.1 Å². The molecule has 1 saturated heterocycles. The summed E-state index contributed by atoms with van der Waals surface area (Å²) in [5, 5.41) is 41.8. The Balaban J connectivity index is 1.32. The van der Waals surface area contributed by atoms with Gasteiger partial charge in [0, 0.05) is 25.7 Å². The summed E-state index contributed by atoms with van der Waals surface area (Å²) < 4.78 is 22.3. The number of rotatable bonds is 11. The highest BCUT2D eigenvalue weighted by Gasteiger charge is 2.26. The van der Waals surface area contributed by atoms with Crippen LogP contribution in [0, 0.1) is 20.2 Å². The highest BCUT2D eigenvalue weighted by molar-refractivity contribution is 5.94. The zero-order valence-corrected chi connectivity index (χ0v) is 22.9. The number of benzene rings is 2. The first-order chi connectivity index (χ1) is 21.2. The summed E-state index contributed by atoms with van der Waals surface area (Å²) in [6.07, 6.45) is 1.32. The van der Waals surface area contributed by atoms with Gasteiger partial charge in [-0.1, -0.05) is 5.21 Å². The van der Waals surface area contributed by atoms with Crippen molar-refractivity contribution in [1.82, 2.24) is 35.6 Å². The average Bonchev–Trinajstić information content (AvgIpc) is 3.63. The van der Waals surface area contributed by atoms with Crippen molar-refractivity contribution in [3.8, 4) is 23.1 Å². The molecule has 0 spiro atoms. The molecule has 5 rings (SSSR count). The number of nitrogens with one attached hydrogen (secondary N) is 1. The molecule has 4 aromatic rings. The zero-order chi connectivity index (χ0) is 31.2. The van der Waals surface area contributed by atoms with Gasteiger partial charge in [-0.05, 0) is 40.1 Å². The number of amides is 1. The third kappa shape index (κ3) is 6.39. The van der Waals surface area contributed by atoms with Gasteiger partial charge >= 0.3 is 5.69 Å². The van der Waals surface area contributed by atoms with Crippen LogP contribution in [-0.4, -0.2) is 85.6 Å². The van der Waals surface area contributed by atoms with Crippen molar-refractivity contribution >= 4 is 29.3 Å². The predicted octanol–water partition coefficient (Wildman–Crippen LogP) is 1.45. The number of ether oxygens (including phenoxy) is 3. The number of hydrogen-bond donors (Lipinski definition) is 2. The maximum atomic E-state index is 13.1. The van der Waals surface area contributed by atoms with E-state index in [0.717, 1.165) is 18.2 Å². The lowest BCUT2D eigenvalue weighted by molar-refractivity contribution is -0.394. The predicted molar refractivity (Wildman–Crippen MR) is 148 cm³/mol. The molecule has 1 fully saturated rings. The fraction of sp³-hybridized carbons (Fsp3) is 0.250. The Morgan fingerprint density at radius 3 is 2.57 bits per heavy atom. The number of nitrogens with zero attached hydrogens (tertiary/aromatic N) is 9. The SMILES string of the molecule is COc1cc(/C=N/NC(=O)c2nnn(-c3nonc3N)c2CN2CCOCC2)ccc1Oc1ccc([N+](=O)[O-])cc1[N+](=O)[O-]. The summed E-state index contributed by atoms with van der Waals surface area (Å²) >= 11 is 0. The van der Waals surface area contributed by atoms with Gasteiger partial charge < -0.3 is 19.9 Å². The molecule has 2 aromatic carbocycles. The minimum Gasteiger partial charge on any atom is -0.493 e. The first kappa shape index (κ1) is 29.5. The van der Waals surface area contributed by atoms with Gasteiger partial charge in [0.1, 0.15) is 0 Å². The number of carbonyl (C=O) groups is 1. The maximum Gasteiger partial charge on any atom is 0.318 e. The number of anilines is 1. The second kappa shape index (κ2) is 12.9. The van der Waals surface area contributed by atoms with Crippen molar-refractivity contribution in [3.05, 3.63) is 73.6 Å². The highest BCUT2D eigenvalue weighted by Crippen LogP contribution is 2.38. The van der Waals surface area contributed by atoms with Crippen LogP contribution in [0.2, 0.25) is 0 Å². The van der Waals surface area contributed by atoms with E-state index in [9.17, 15) is 25.0 Å². The third-order valence-electron chi connectivity index (χ3n) is 6.29. The summed E-state index contributed by atoms with van der Waals surface area (Å²) in [4.78, 5) is 36.1. The Bertz CT molecular complexity index is 1730. The van der Waals surface area contributed by atoms with Gasteiger partial charge in [-0.2, -0.15) is 9.78 Å². The van der Waals surface area contributed by atoms with E-state index in [1.54, 1.807) is 6.07 Å². The molecule has 0 atom stereocenters. The quantitative estimate of drug-likeness (QED) is 0.139. The molecule has 0 aliphatic carbocycles. The number of nitro groups is 2. The van der Waals surface area contributed by atoms with Gasteiger partial charge in [-0.25, -0.2) is 10.1 Å². The van der Waals surface area contributed by atoms with E-state index in [1.807, 2.05) is 4.90 Å². The molecule has 3 N–H and O–H groups in total. The number of carbonyl (C=O) groups excluding carboxylic acids is 1. The minimum atomic E-state index is -0.791. The summed E-state index contributed by atoms with van der Waals surface area (Å²) in [6, 6.07) is 7.51. The third-order valence-corrected chi connectivity index (χ3v) is 6.29. The summed E-state index contributed by atoms with van der Waals surface area (Å²) in [7, 11) is 1.35. The van der Waals surface area contributed by atoms with Crippen LogP contribution in [0.3, 0.4) is 0 Å². The average molecular weight is 610 g/mol. The second-order valence-corrected chi connectivity index (χ2v) is 9.04. The molecule has 0 unspecified atom stereocenters. The molecule has 20 heteroatoms. The van der Waals surface area contributed by atoms with Crippen LogP contribution in [0.1, 0.15) is 21.7 Å². The van der Waals surface area contributed by atoms with Gasteiger partial charge in [0.15, 0.2) is 17.2 Å². The van der Waals surface area contributed by atoms with Crippen LogP contribution in [0.5, 0.6) is 17.2 Å². The van der Waals surface area contributed by atoms with Crippen LogP contribution in [0.15, 0.2) is 46.1 Å². The van der Waals surface area contributed by atoms with Crippen LogP contribution in [-0.2, 0) is 11.3 Å². The molecule has 1 amide bonds. The monoisotopic (exact) mass is 609 g/mol. The number of non-ortho nitro benzene ring substituents is 1. The Morgan fingerprint density at radius 2 is 1.89 bits per heavy atom. The van der Waals surface area contributed by atoms with E-state index < -0.39 is 27.1 Å². The molecule has 1 aliphatic rings. The van der Waals surface area contributed by atoms with Gasteiger partial charge in [-0.3, -0.25) is 29.9 Å². The number of hydrazone groups is 1. The summed E-state index contributed by atoms with van der Waals surface area (Å²) in [5.74, 6) is -0.580. The van der Waals surface area contributed by atoms with Gasteiger partial charge in [-0.15, -0.1) is 5.10 Å². The molecule has 228 valence electrons. The van der Waals surface area contributed by atoms with E-state index in [2.05, 4.69) is 35.8 Å². The van der Waals surface area contributed by atoms with Crippen LogP contribution >= 0.6 is 0 Å².